The molecule has 2 aromatic rings. The Morgan fingerprint density at radius 1 is 1.08 bits per heavy atom. The first-order chi connectivity index (χ1) is 11.9. The summed E-state index contributed by atoms with van der Waals surface area (Å²) in [5.41, 5.74) is 3.90. The lowest BCUT2D eigenvalue weighted by Crippen LogP contribution is -2.29. The van der Waals surface area contributed by atoms with Crippen molar-refractivity contribution in [2.45, 2.75) is 32.8 Å². The van der Waals surface area contributed by atoms with Gasteiger partial charge in [0.1, 0.15) is 6.61 Å². The molecule has 2 aromatic carbocycles. The zero-order valence-electron chi connectivity index (χ0n) is 14.5. The van der Waals surface area contributed by atoms with Crippen LogP contribution in [0.25, 0.3) is 0 Å². The molecule has 0 aromatic heterocycles. The van der Waals surface area contributed by atoms with E-state index in [4.69, 9.17) is 4.74 Å². The summed E-state index contributed by atoms with van der Waals surface area (Å²) in [6.45, 7) is 3.64. The van der Waals surface area contributed by atoms with Crippen LogP contribution in [0.3, 0.4) is 0 Å². The molecule has 0 aliphatic heterocycles. The van der Waals surface area contributed by atoms with E-state index in [0.29, 0.717) is 18.5 Å². The van der Waals surface area contributed by atoms with E-state index in [9.17, 15) is 14.7 Å². The van der Waals surface area contributed by atoms with Crippen LogP contribution in [0, 0.1) is 13.8 Å². The minimum absolute atomic E-state index is 0.293. The maximum Gasteiger partial charge on any atom is 0.332 e. The minimum atomic E-state index is -1.06. The molecule has 0 heterocycles. The molecular formula is C20H23NO4. The molecule has 1 unspecified atom stereocenters. The van der Waals surface area contributed by atoms with Gasteiger partial charge in [-0.3, -0.25) is 4.79 Å². The van der Waals surface area contributed by atoms with Crippen molar-refractivity contribution in [1.29, 1.82) is 0 Å². The number of carboxylic acid groups (broad SMARTS) is 1. The lowest BCUT2D eigenvalue weighted by molar-refractivity contribution is -0.151. The maximum atomic E-state index is 11.9. The van der Waals surface area contributed by atoms with Gasteiger partial charge in [0.2, 0.25) is 5.91 Å². The number of hydrogen-bond donors (Lipinski definition) is 2. The van der Waals surface area contributed by atoms with Gasteiger partial charge in [0.25, 0.3) is 0 Å². The Kier molecular flexibility index (Phi) is 6.71. The number of hydrogen-bond acceptors (Lipinski definition) is 3. The van der Waals surface area contributed by atoms with Crippen molar-refractivity contribution < 1.29 is 19.4 Å². The van der Waals surface area contributed by atoms with Crippen LogP contribution in [0.15, 0.2) is 48.5 Å². The molecule has 2 N–H and O–H groups in total. The maximum absolute atomic E-state index is 11.9. The third-order valence-corrected chi connectivity index (χ3v) is 3.81. The highest BCUT2D eigenvalue weighted by Crippen LogP contribution is 2.11. The number of ether oxygens (including phenoxy) is 1. The number of benzene rings is 2. The van der Waals surface area contributed by atoms with Crippen molar-refractivity contribution in [2.75, 3.05) is 11.9 Å². The predicted molar refractivity (Wildman–Crippen MR) is 96.7 cm³/mol. The van der Waals surface area contributed by atoms with E-state index in [2.05, 4.69) is 5.32 Å². The van der Waals surface area contributed by atoms with Crippen molar-refractivity contribution in [1.82, 2.24) is 0 Å². The van der Waals surface area contributed by atoms with Gasteiger partial charge in [0, 0.05) is 5.69 Å². The first kappa shape index (κ1) is 18.7. The molecule has 0 aliphatic carbocycles. The van der Waals surface area contributed by atoms with Gasteiger partial charge in [-0.2, -0.15) is 0 Å². The summed E-state index contributed by atoms with van der Waals surface area (Å²) in [5, 5.41) is 12.0. The van der Waals surface area contributed by atoms with E-state index in [1.165, 1.54) is 0 Å². The van der Waals surface area contributed by atoms with Crippen LogP contribution in [-0.2, 0) is 20.7 Å². The first-order valence-electron chi connectivity index (χ1n) is 8.20. The largest absolute Gasteiger partial charge is 0.479 e. The number of carboxylic acids is 1. The monoisotopic (exact) mass is 341 g/mol. The summed E-state index contributed by atoms with van der Waals surface area (Å²) >= 11 is 0. The average Bonchev–Trinajstić information content (AvgIpc) is 2.56. The highest BCUT2D eigenvalue weighted by molar-refractivity contribution is 5.91. The van der Waals surface area contributed by atoms with Crippen LogP contribution in [0.4, 0.5) is 5.69 Å². The van der Waals surface area contributed by atoms with Crippen molar-refractivity contribution in [2.24, 2.45) is 0 Å². The Morgan fingerprint density at radius 3 is 2.44 bits per heavy atom. The Balaban J connectivity index is 1.83. The van der Waals surface area contributed by atoms with Crippen LogP contribution in [0.2, 0.25) is 0 Å². The van der Waals surface area contributed by atoms with Crippen LogP contribution < -0.4 is 5.32 Å². The lowest BCUT2D eigenvalue weighted by Gasteiger charge is -2.14. The molecule has 0 aliphatic rings. The molecule has 0 bridgehead atoms. The van der Waals surface area contributed by atoms with Crippen LogP contribution >= 0.6 is 0 Å². The average molecular weight is 341 g/mol. The molecule has 132 valence electrons. The number of rotatable bonds is 8. The van der Waals surface area contributed by atoms with Gasteiger partial charge in [-0.05, 0) is 49.9 Å². The molecule has 0 saturated heterocycles. The molecule has 0 radical (unpaired) electrons. The van der Waals surface area contributed by atoms with Gasteiger partial charge in [-0.15, -0.1) is 0 Å². The molecule has 1 amide bonds. The molecule has 5 nitrogen and oxygen atoms in total. The fourth-order valence-corrected chi connectivity index (χ4v) is 2.43. The highest BCUT2D eigenvalue weighted by atomic mass is 16.5. The van der Waals surface area contributed by atoms with Crippen LogP contribution in [0.5, 0.6) is 0 Å². The first-order valence-corrected chi connectivity index (χ1v) is 8.20. The number of anilines is 1. The lowest BCUT2D eigenvalue weighted by atomic mass is 10.1. The van der Waals surface area contributed by atoms with E-state index >= 15 is 0 Å². The molecule has 0 saturated carbocycles. The zero-order chi connectivity index (χ0) is 18.2. The summed E-state index contributed by atoms with van der Waals surface area (Å²) < 4.78 is 5.30. The number of carbonyl (C=O) groups excluding carboxylic acids is 1. The third-order valence-electron chi connectivity index (χ3n) is 3.81. The standard InChI is InChI=1S/C20H23NO4/c1-14-6-8-16(9-7-14)10-11-18(20(23)24)25-13-19(22)21-17-5-3-4-15(2)12-17/h3-9,12,18H,10-11,13H2,1-2H3,(H,21,22)(H,23,24). The summed E-state index contributed by atoms with van der Waals surface area (Å²) in [6, 6.07) is 15.3. The highest BCUT2D eigenvalue weighted by Gasteiger charge is 2.19. The topological polar surface area (TPSA) is 75.6 Å². The summed E-state index contributed by atoms with van der Waals surface area (Å²) in [7, 11) is 0. The molecule has 2 rings (SSSR count). The summed E-state index contributed by atoms with van der Waals surface area (Å²) in [5.74, 6) is -1.43. The van der Waals surface area contributed by atoms with Gasteiger partial charge >= 0.3 is 5.97 Å². The Bertz CT molecular complexity index is 725. The van der Waals surface area contributed by atoms with Crippen molar-refractivity contribution in [3.63, 3.8) is 0 Å². The zero-order valence-corrected chi connectivity index (χ0v) is 14.5. The fourth-order valence-electron chi connectivity index (χ4n) is 2.43. The summed E-state index contributed by atoms with van der Waals surface area (Å²) in [6.07, 6.45) is -0.114. The number of aliphatic carboxylic acids is 1. The van der Waals surface area contributed by atoms with E-state index in [-0.39, 0.29) is 12.5 Å². The third kappa shape index (κ3) is 6.39. The van der Waals surface area contributed by atoms with Gasteiger partial charge in [-0.25, -0.2) is 4.79 Å². The van der Waals surface area contributed by atoms with E-state index in [1.54, 1.807) is 6.07 Å². The molecule has 0 spiro atoms. The van der Waals surface area contributed by atoms with Crippen molar-refractivity contribution in [3.8, 4) is 0 Å². The van der Waals surface area contributed by atoms with Crippen molar-refractivity contribution >= 4 is 17.6 Å². The molecule has 5 heteroatoms. The van der Waals surface area contributed by atoms with Gasteiger partial charge in [0.15, 0.2) is 6.10 Å². The smallest absolute Gasteiger partial charge is 0.332 e. The quantitative estimate of drug-likeness (QED) is 0.772. The SMILES string of the molecule is Cc1ccc(CCC(OCC(=O)Nc2cccc(C)c2)C(=O)O)cc1. The Hall–Kier alpha value is -2.66. The van der Waals surface area contributed by atoms with Crippen LogP contribution in [-0.4, -0.2) is 29.7 Å². The normalized spacial score (nSPS) is 11.8. The van der Waals surface area contributed by atoms with Crippen LogP contribution in [0.1, 0.15) is 23.1 Å². The second-order valence-electron chi connectivity index (χ2n) is 6.08. The Labute approximate surface area is 147 Å². The summed E-state index contributed by atoms with van der Waals surface area (Å²) in [4.78, 5) is 23.3. The van der Waals surface area contributed by atoms with Gasteiger partial charge in [-0.1, -0.05) is 42.0 Å². The second-order valence-corrected chi connectivity index (χ2v) is 6.08. The predicted octanol–water partition coefficient (Wildman–Crippen LogP) is 3.34. The van der Waals surface area contributed by atoms with Crippen molar-refractivity contribution in [3.05, 3.63) is 65.2 Å². The van der Waals surface area contributed by atoms with Gasteiger partial charge in [0.05, 0.1) is 0 Å². The van der Waals surface area contributed by atoms with E-state index in [1.807, 2.05) is 56.3 Å². The number of nitrogens with one attached hydrogen (secondary N) is 1. The van der Waals surface area contributed by atoms with E-state index < -0.39 is 12.1 Å². The Morgan fingerprint density at radius 2 is 1.80 bits per heavy atom. The molecule has 1 atom stereocenters. The molecular weight excluding hydrogens is 318 g/mol. The number of aryl methyl sites for hydroxylation is 3. The number of carbonyl (C=O) groups is 2. The van der Waals surface area contributed by atoms with E-state index in [0.717, 1.165) is 16.7 Å². The minimum Gasteiger partial charge on any atom is -0.479 e. The fraction of sp³-hybridized carbons (Fsp3) is 0.300. The van der Waals surface area contributed by atoms with Gasteiger partial charge < -0.3 is 15.2 Å². The molecule has 25 heavy (non-hydrogen) atoms. The second kappa shape index (κ2) is 8.99. The number of amides is 1. The molecule has 0 fully saturated rings.